The molecule has 1 rings (SSSR count). The minimum absolute atomic E-state index is 0.115. The molecule has 0 spiro atoms. The zero-order valence-electron chi connectivity index (χ0n) is 9.82. The van der Waals surface area contributed by atoms with Crippen molar-refractivity contribution in [3.63, 3.8) is 0 Å². The van der Waals surface area contributed by atoms with Gasteiger partial charge in [0.15, 0.2) is 0 Å². The van der Waals surface area contributed by atoms with E-state index in [4.69, 9.17) is 9.84 Å². The number of hydrogen-bond acceptors (Lipinski definition) is 3. The molecule has 1 heterocycles. The molecular formula is C11H17NO4. The summed E-state index contributed by atoms with van der Waals surface area (Å²) < 4.78 is 5.17. The lowest BCUT2D eigenvalue weighted by atomic mass is 10.1. The van der Waals surface area contributed by atoms with E-state index < -0.39 is 17.7 Å². The van der Waals surface area contributed by atoms with Crippen LogP contribution in [-0.2, 0) is 9.53 Å². The van der Waals surface area contributed by atoms with Gasteiger partial charge in [0.05, 0.1) is 12.1 Å². The van der Waals surface area contributed by atoms with Crippen molar-refractivity contribution in [2.24, 2.45) is 0 Å². The molecule has 1 aliphatic rings. The topological polar surface area (TPSA) is 66.8 Å². The Labute approximate surface area is 94.7 Å². The second-order valence-corrected chi connectivity index (χ2v) is 4.73. The Hall–Kier alpha value is -1.52. The maximum Gasteiger partial charge on any atom is 0.410 e. The molecule has 0 saturated carbocycles. The molecule has 0 atom stereocenters. The summed E-state index contributed by atoms with van der Waals surface area (Å²) in [7, 11) is 0. The second kappa shape index (κ2) is 4.55. The molecule has 0 saturated heterocycles. The van der Waals surface area contributed by atoms with Gasteiger partial charge in [0.1, 0.15) is 5.60 Å². The largest absolute Gasteiger partial charge is 0.478 e. The number of carbonyl (C=O) groups excluding carboxylic acids is 1. The molecule has 5 heteroatoms. The van der Waals surface area contributed by atoms with Crippen LogP contribution in [0.15, 0.2) is 11.6 Å². The Kier molecular flexibility index (Phi) is 3.57. The van der Waals surface area contributed by atoms with E-state index in [0.717, 1.165) is 0 Å². The van der Waals surface area contributed by atoms with Gasteiger partial charge in [-0.2, -0.15) is 0 Å². The maximum absolute atomic E-state index is 11.7. The first-order valence-electron chi connectivity index (χ1n) is 5.20. The number of ether oxygens (including phenoxy) is 1. The monoisotopic (exact) mass is 227 g/mol. The van der Waals surface area contributed by atoms with E-state index in [2.05, 4.69) is 0 Å². The molecule has 1 N–H and O–H groups in total. The average molecular weight is 227 g/mol. The number of rotatable bonds is 1. The van der Waals surface area contributed by atoms with Crippen molar-refractivity contribution in [3.8, 4) is 0 Å². The molecule has 0 aromatic heterocycles. The second-order valence-electron chi connectivity index (χ2n) is 4.73. The normalized spacial score (nSPS) is 16.7. The van der Waals surface area contributed by atoms with Gasteiger partial charge in [0, 0.05) is 6.54 Å². The van der Waals surface area contributed by atoms with Crippen molar-refractivity contribution >= 4 is 12.1 Å². The van der Waals surface area contributed by atoms with Gasteiger partial charge in [-0.15, -0.1) is 0 Å². The van der Waals surface area contributed by atoms with Gasteiger partial charge in [0.25, 0.3) is 0 Å². The summed E-state index contributed by atoms with van der Waals surface area (Å²) in [5.74, 6) is -0.978. The predicted octanol–water partition coefficient (Wildman–Crippen LogP) is 1.64. The van der Waals surface area contributed by atoms with E-state index in [1.807, 2.05) is 0 Å². The number of nitrogens with zero attached hydrogens (tertiary/aromatic N) is 1. The molecule has 0 fully saturated rings. The van der Waals surface area contributed by atoms with Crippen molar-refractivity contribution in [2.75, 3.05) is 13.1 Å². The SMILES string of the molecule is CC(C)(C)OC(=O)N1CCC=C(C(=O)O)C1. The lowest BCUT2D eigenvalue weighted by molar-refractivity contribution is -0.133. The molecule has 0 aromatic rings. The Morgan fingerprint density at radius 3 is 2.56 bits per heavy atom. The van der Waals surface area contributed by atoms with E-state index in [1.54, 1.807) is 26.8 Å². The van der Waals surface area contributed by atoms with Gasteiger partial charge in [-0.1, -0.05) is 6.08 Å². The molecule has 0 aliphatic carbocycles. The third kappa shape index (κ3) is 3.56. The van der Waals surface area contributed by atoms with Crippen molar-refractivity contribution in [1.82, 2.24) is 4.90 Å². The highest BCUT2D eigenvalue weighted by atomic mass is 16.6. The molecule has 16 heavy (non-hydrogen) atoms. The van der Waals surface area contributed by atoms with Crippen LogP contribution < -0.4 is 0 Å². The van der Waals surface area contributed by atoms with Crippen LogP contribution in [0.1, 0.15) is 27.2 Å². The van der Waals surface area contributed by atoms with Gasteiger partial charge >= 0.3 is 12.1 Å². The Balaban J connectivity index is 2.60. The highest BCUT2D eigenvalue weighted by molar-refractivity contribution is 5.88. The summed E-state index contributed by atoms with van der Waals surface area (Å²) in [4.78, 5) is 23.8. The summed E-state index contributed by atoms with van der Waals surface area (Å²) in [6.07, 6.45) is 1.74. The fraction of sp³-hybridized carbons (Fsp3) is 0.636. The van der Waals surface area contributed by atoms with Gasteiger partial charge < -0.3 is 14.7 Å². The summed E-state index contributed by atoms with van der Waals surface area (Å²) in [5.41, 5.74) is -0.307. The first kappa shape index (κ1) is 12.5. The Morgan fingerprint density at radius 1 is 1.44 bits per heavy atom. The van der Waals surface area contributed by atoms with Crippen LogP contribution in [0.3, 0.4) is 0 Å². The van der Waals surface area contributed by atoms with Gasteiger partial charge in [-0.05, 0) is 27.2 Å². The van der Waals surface area contributed by atoms with Gasteiger partial charge in [-0.3, -0.25) is 0 Å². The predicted molar refractivity (Wildman–Crippen MR) is 58.1 cm³/mol. The number of amides is 1. The number of aliphatic carboxylic acids is 1. The minimum Gasteiger partial charge on any atom is -0.478 e. The lowest BCUT2D eigenvalue weighted by Gasteiger charge is -2.29. The van der Waals surface area contributed by atoms with Gasteiger partial charge in [-0.25, -0.2) is 9.59 Å². The van der Waals surface area contributed by atoms with Crippen LogP contribution in [0.5, 0.6) is 0 Å². The summed E-state index contributed by atoms with van der Waals surface area (Å²) in [6, 6.07) is 0. The van der Waals surface area contributed by atoms with E-state index in [9.17, 15) is 9.59 Å². The van der Waals surface area contributed by atoms with Crippen molar-refractivity contribution in [3.05, 3.63) is 11.6 Å². The van der Waals surface area contributed by atoms with Gasteiger partial charge in [0.2, 0.25) is 0 Å². The van der Waals surface area contributed by atoms with Crippen LogP contribution in [0.4, 0.5) is 4.79 Å². The molecule has 0 radical (unpaired) electrons. The number of carboxylic acid groups (broad SMARTS) is 1. The summed E-state index contributed by atoms with van der Waals surface area (Å²) >= 11 is 0. The zero-order valence-corrected chi connectivity index (χ0v) is 9.82. The third-order valence-electron chi connectivity index (χ3n) is 2.08. The van der Waals surface area contributed by atoms with Crippen molar-refractivity contribution < 1.29 is 19.4 Å². The fourth-order valence-corrected chi connectivity index (χ4v) is 1.38. The molecule has 1 amide bonds. The van der Waals surface area contributed by atoms with Crippen LogP contribution in [0, 0.1) is 0 Å². The smallest absolute Gasteiger partial charge is 0.410 e. The van der Waals surface area contributed by atoms with Crippen LogP contribution in [0.25, 0.3) is 0 Å². The number of hydrogen-bond donors (Lipinski definition) is 1. The number of carboxylic acids is 1. The molecule has 1 aliphatic heterocycles. The molecular weight excluding hydrogens is 210 g/mol. The fourth-order valence-electron chi connectivity index (χ4n) is 1.38. The third-order valence-corrected chi connectivity index (χ3v) is 2.08. The Bertz CT molecular complexity index is 327. The lowest BCUT2D eigenvalue weighted by Crippen LogP contribution is -2.40. The van der Waals surface area contributed by atoms with E-state index in [-0.39, 0.29) is 12.1 Å². The molecule has 5 nitrogen and oxygen atoms in total. The van der Waals surface area contributed by atoms with Crippen molar-refractivity contribution in [1.29, 1.82) is 0 Å². The quantitative estimate of drug-likeness (QED) is 0.739. The van der Waals surface area contributed by atoms with Crippen LogP contribution in [-0.4, -0.2) is 40.8 Å². The molecule has 0 bridgehead atoms. The molecule has 0 unspecified atom stereocenters. The van der Waals surface area contributed by atoms with Crippen LogP contribution >= 0.6 is 0 Å². The van der Waals surface area contributed by atoms with Crippen molar-refractivity contribution in [2.45, 2.75) is 32.8 Å². The average Bonchev–Trinajstić information content (AvgIpc) is 2.15. The minimum atomic E-state index is -0.978. The standard InChI is InChI=1S/C11H17NO4/c1-11(2,3)16-10(15)12-6-4-5-8(7-12)9(13)14/h5H,4,6-7H2,1-3H3,(H,13,14). The highest BCUT2D eigenvalue weighted by Gasteiger charge is 2.25. The summed E-state index contributed by atoms with van der Waals surface area (Å²) in [5, 5.41) is 8.82. The van der Waals surface area contributed by atoms with E-state index >= 15 is 0 Å². The molecule has 0 aromatic carbocycles. The summed E-state index contributed by atoms with van der Waals surface area (Å²) in [6.45, 7) is 5.96. The Morgan fingerprint density at radius 2 is 2.06 bits per heavy atom. The van der Waals surface area contributed by atoms with E-state index in [0.29, 0.717) is 13.0 Å². The highest BCUT2D eigenvalue weighted by Crippen LogP contribution is 2.15. The van der Waals surface area contributed by atoms with E-state index in [1.165, 1.54) is 4.90 Å². The number of carbonyl (C=O) groups is 2. The van der Waals surface area contributed by atoms with Crippen LogP contribution in [0.2, 0.25) is 0 Å². The molecule has 90 valence electrons. The first-order valence-corrected chi connectivity index (χ1v) is 5.20. The zero-order chi connectivity index (χ0) is 12.3. The maximum atomic E-state index is 11.7. The first-order chi connectivity index (χ1) is 7.29.